The second kappa shape index (κ2) is 4.50. The van der Waals surface area contributed by atoms with E-state index in [1.807, 2.05) is 6.07 Å². The summed E-state index contributed by atoms with van der Waals surface area (Å²) in [5, 5.41) is 0. The fourth-order valence-electron chi connectivity index (χ4n) is 2.12. The van der Waals surface area contributed by atoms with Crippen molar-refractivity contribution in [3.05, 3.63) is 39.8 Å². The molecular weight excluding hydrogens is 244 g/mol. The first kappa shape index (κ1) is 11.9. The summed E-state index contributed by atoms with van der Waals surface area (Å²) < 4.78 is 4.91. The molecule has 0 bridgehead atoms. The van der Waals surface area contributed by atoms with Crippen LogP contribution in [0.25, 0.3) is 11.0 Å². The summed E-state index contributed by atoms with van der Waals surface area (Å²) >= 11 is 0. The Balaban J connectivity index is 2.06. The highest BCUT2D eigenvalue weighted by Crippen LogP contribution is 2.38. The molecule has 5 heteroatoms. The number of esters is 1. The van der Waals surface area contributed by atoms with E-state index in [9.17, 15) is 9.59 Å². The number of rotatable bonds is 3. The van der Waals surface area contributed by atoms with Crippen molar-refractivity contribution in [2.75, 3.05) is 6.61 Å². The summed E-state index contributed by atoms with van der Waals surface area (Å²) in [5.41, 5.74) is 2.33. The van der Waals surface area contributed by atoms with Crippen molar-refractivity contribution in [1.29, 1.82) is 0 Å². The highest BCUT2D eigenvalue weighted by Gasteiger charge is 2.26. The van der Waals surface area contributed by atoms with Crippen LogP contribution in [-0.2, 0) is 4.74 Å². The lowest BCUT2D eigenvalue weighted by Gasteiger charge is -2.04. The molecule has 0 amide bonds. The molecule has 0 spiro atoms. The zero-order chi connectivity index (χ0) is 13.4. The molecule has 3 rings (SSSR count). The zero-order valence-corrected chi connectivity index (χ0v) is 10.6. The van der Waals surface area contributed by atoms with Crippen LogP contribution < -0.4 is 5.56 Å². The standard InChI is InChI=1S/C14H14N2O3/c1-2-19-14(18)9-5-12-11(15-7-9)6-10(8-3-4-8)13(17)16-12/h5-8H,2-4H2,1H3,(H,16,17). The first-order valence-electron chi connectivity index (χ1n) is 6.39. The van der Waals surface area contributed by atoms with Crippen LogP contribution in [-0.4, -0.2) is 22.5 Å². The van der Waals surface area contributed by atoms with Crippen LogP contribution in [0.5, 0.6) is 0 Å². The lowest BCUT2D eigenvalue weighted by atomic mass is 10.1. The number of pyridine rings is 2. The third-order valence-corrected chi connectivity index (χ3v) is 3.25. The van der Waals surface area contributed by atoms with E-state index in [2.05, 4.69) is 9.97 Å². The first-order valence-corrected chi connectivity index (χ1v) is 6.39. The van der Waals surface area contributed by atoms with Crippen molar-refractivity contribution in [3.8, 4) is 0 Å². The van der Waals surface area contributed by atoms with Gasteiger partial charge in [-0.25, -0.2) is 4.79 Å². The van der Waals surface area contributed by atoms with Gasteiger partial charge >= 0.3 is 5.97 Å². The SMILES string of the molecule is CCOC(=O)c1cnc2cc(C3CC3)c(=O)[nH]c2c1. The molecular formula is C14H14N2O3. The number of H-pyrrole nitrogens is 1. The molecule has 0 unspecified atom stereocenters. The minimum Gasteiger partial charge on any atom is -0.462 e. The molecule has 1 aliphatic carbocycles. The van der Waals surface area contributed by atoms with Crippen LogP contribution in [0.4, 0.5) is 0 Å². The average Bonchev–Trinajstić information content (AvgIpc) is 3.22. The Labute approximate surface area is 109 Å². The highest BCUT2D eigenvalue weighted by molar-refractivity contribution is 5.92. The Morgan fingerprint density at radius 2 is 2.26 bits per heavy atom. The number of ether oxygens (including phenoxy) is 1. The molecule has 0 radical (unpaired) electrons. The number of hydrogen-bond donors (Lipinski definition) is 1. The fourth-order valence-corrected chi connectivity index (χ4v) is 2.12. The summed E-state index contributed by atoms with van der Waals surface area (Å²) in [4.78, 5) is 30.5. The van der Waals surface area contributed by atoms with Crippen LogP contribution in [0.1, 0.15) is 41.6 Å². The number of nitrogens with zero attached hydrogens (tertiary/aromatic N) is 1. The molecule has 0 atom stereocenters. The molecule has 5 nitrogen and oxygen atoms in total. The third kappa shape index (κ3) is 2.23. The maximum absolute atomic E-state index is 11.9. The van der Waals surface area contributed by atoms with Crippen LogP contribution in [0.2, 0.25) is 0 Å². The van der Waals surface area contributed by atoms with E-state index in [0.717, 1.165) is 18.4 Å². The van der Waals surface area contributed by atoms with Gasteiger partial charge in [-0.05, 0) is 37.8 Å². The van der Waals surface area contributed by atoms with E-state index < -0.39 is 5.97 Å². The molecule has 0 saturated heterocycles. The Bertz CT molecular complexity index is 701. The van der Waals surface area contributed by atoms with Gasteiger partial charge in [0.25, 0.3) is 5.56 Å². The number of nitrogens with one attached hydrogen (secondary N) is 1. The van der Waals surface area contributed by atoms with Crippen molar-refractivity contribution in [2.45, 2.75) is 25.7 Å². The maximum Gasteiger partial charge on any atom is 0.339 e. The van der Waals surface area contributed by atoms with Crippen molar-refractivity contribution in [1.82, 2.24) is 9.97 Å². The Morgan fingerprint density at radius 1 is 1.47 bits per heavy atom. The minimum absolute atomic E-state index is 0.0854. The maximum atomic E-state index is 11.9. The molecule has 2 heterocycles. The monoisotopic (exact) mass is 258 g/mol. The number of fused-ring (bicyclic) bond motifs is 1. The average molecular weight is 258 g/mol. The van der Waals surface area contributed by atoms with E-state index >= 15 is 0 Å². The van der Waals surface area contributed by atoms with Crippen LogP contribution in [0, 0.1) is 0 Å². The van der Waals surface area contributed by atoms with Gasteiger partial charge in [-0.3, -0.25) is 9.78 Å². The smallest absolute Gasteiger partial charge is 0.339 e. The topological polar surface area (TPSA) is 72.0 Å². The largest absolute Gasteiger partial charge is 0.462 e. The molecule has 0 aromatic carbocycles. The highest BCUT2D eigenvalue weighted by atomic mass is 16.5. The van der Waals surface area contributed by atoms with Gasteiger partial charge in [0.15, 0.2) is 0 Å². The lowest BCUT2D eigenvalue weighted by Crippen LogP contribution is -2.12. The van der Waals surface area contributed by atoms with Crippen LogP contribution in [0.3, 0.4) is 0 Å². The van der Waals surface area contributed by atoms with Gasteiger partial charge in [0, 0.05) is 11.8 Å². The number of hydrogen-bond acceptors (Lipinski definition) is 4. The van der Waals surface area contributed by atoms with Crippen molar-refractivity contribution in [3.63, 3.8) is 0 Å². The molecule has 19 heavy (non-hydrogen) atoms. The van der Waals surface area contributed by atoms with E-state index in [1.54, 1.807) is 13.0 Å². The van der Waals surface area contributed by atoms with E-state index in [1.165, 1.54) is 6.20 Å². The number of carbonyl (C=O) groups is 1. The molecule has 1 aliphatic rings. The van der Waals surface area contributed by atoms with Crippen molar-refractivity contribution in [2.24, 2.45) is 0 Å². The van der Waals surface area contributed by atoms with E-state index in [0.29, 0.717) is 29.1 Å². The van der Waals surface area contributed by atoms with Gasteiger partial charge < -0.3 is 9.72 Å². The quantitative estimate of drug-likeness (QED) is 0.854. The first-order chi connectivity index (χ1) is 9.19. The Hall–Kier alpha value is -2.17. The predicted octanol–water partition coefficient (Wildman–Crippen LogP) is 1.98. The lowest BCUT2D eigenvalue weighted by molar-refractivity contribution is 0.0526. The summed E-state index contributed by atoms with van der Waals surface area (Å²) in [7, 11) is 0. The second-order valence-corrected chi connectivity index (χ2v) is 4.71. The van der Waals surface area contributed by atoms with Gasteiger partial charge in [0.2, 0.25) is 0 Å². The minimum atomic E-state index is -0.427. The summed E-state index contributed by atoms with van der Waals surface area (Å²) in [6.45, 7) is 2.06. The number of aromatic nitrogens is 2. The van der Waals surface area contributed by atoms with Gasteiger partial charge in [-0.1, -0.05) is 0 Å². The molecule has 1 saturated carbocycles. The second-order valence-electron chi connectivity index (χ2n) is 4.71. The molecule has 1 N–H and O–H groups in total. The fraction of sp³-hybridized carbons (Fsp3) is 0.357. The van der Waals surface area contributed by atoms with Crippen molar-refractivity contribution < 1.29 is 9.53 Å². The molecule has 2 aromatic rings. The van der Waals surface area contributed by atoms with Crippen LogP contribution in [0.15, 0.2) is 23.1 Å². The molecule has 98 valence electrons. The zero-order valence-electron chi connectivity index (χ0n) is 10.6. The molecule has 2 aromatic heterocycles. The van der Waals surface area contributed by atoms with Gasteiger partial charge in [0.1, 0.15) is 0 Å². The van der Waals surface area contributed by atoms with Gasteiger partial charge in [0.05, 0.1) is 23.2 Å². The number of carbonyl (C=O) groups excluding carboxylic acids is 1. The van der Waals surface area contributed by atoms with Gasteiger partial charge in [-0.2, -0.15) is 0 Å². The Kier molecular flexibility index (Phi) is 2.81. The van der Waals surface area contributed by atoms with E-state index in [-0.39, 0.29) is 5.56 Å². The third-order valence-electron chi connectivity index (χ3n) is 3.25. The van der Waals surface area contributed by atoms with Crippen molar-refractivity contribution >= 4 is 17.0 Å². The normalized spacial score (nSPS) is 14.6. The molecule has 0 aliphatic heterocycles. The number of aromatic amines is 1. The predicted molar refractivity (Wildman–Crippen MR) is 70.3 cm³/mol. The van der Waals surface area contributed by atoms with E-state index in [4.69, 9.17) is 4.74 Å². The Morgan fingerprint density at radius 3 is 2.95 bits per heavy atom. The van der Waals surface area contributed by atoms with Crippen LogP contribution >= 0.6 is 0 Å². The molecule has 1 fully saturated rings. The van der Waals surface area contributed by atoms with Gasteiger partial charge in [-0.15, -0.1) is 0 Å². The summed E-state index contributed by atoms with van der Waals surface area (Å²) in [5.74, 6) is -0.0521. The summed E-state index contributed by atoms with van der Waals surface area (Å²) in [6, 6.07) is 3.43. The summed E-state index contributed by atoms with van der Waals surface area (Å²) in [6.07, 6.45) is 3.61.